The maximum atomic E-state index is 11.2. The third-order valence-electron chi connectivity index (χ3n) is 2.30. The predicted octanol–water partition coefficient (Wildman–Crippen LogP) is 1.45. The van der Waals surface area contributed by atoms with Crippen LogP contribution in [0, 0.1) is 0 Å². The molecule has 1 aromatic heterocycles. The normalized spacial score (nSPS) is 10.1. The van der Waals surface area contributed by atoms with Crippen LogP contribution in [0.3, 0.4) is 0 Å². The second-order valence-corrected chi connectivity index (χ2v) is 3.47. The van der Waals surface area contributed by atoms with E-state index in [2.05, 4.69) is 15.0 Å². The minimum atomic E-state index is -0.507. The van der Waals surface area contributed by atoms with Gasteiger partial charge in [-0.15, -0.1) is 5.10 Å². The van der Waals surface area contributed by atoms with Crippen molar-refractivity contribution in [2.75, 3.05) is 13.7 Å². The van der Waals surface area contributed by atoms with Gasteiger partial charge in [0.05, 0.1) is 25.6 Å². The van der Waals surface area contributed by atoms with Crippen LogP contribution < -0.4 is 4.74 Å². The molecule has 0 aliphatic heterocycles. The maximum absolute atomic E-state index is 11.2. The number of ether oxygens (including phenoxy) is 2. The highest BCUT2D eigenvalue weighted by atomic mass is 16.5. The zero-order valence-electron chi connectivity index (χ0n) is 10.2. The maximum Gasteiger partial charge on any atom is 0.360 e. The van der Waals surface area contributed by atoms with E-state index in [1.807, 2.05) is 31.2 Å². The molecule has 2 rings (SSSR count). The molecule has 0 N–H and O–H groups in total. The lowest BCUT2D eigenvalue weighted by atomic mass is 10.3. The quantitative estimate of drug-likeness (QED) is 0.765. The van der Waals surface area contributed by atoms with Gasteiger partial charge in [0.2, 0.25) is 0 Å². The number of carbonyl (C=O) groups is 1. The summed E-state index contributed by atoms with van der Waals surface area (Å²) in [5.74, 6) is 0.279. The topological polar surface area (TPSA) is 66.2 Å². The molecule has 0 saturated carbocycles. The molecule has 0 amide bonds. The largest absolute Gasteiger partial charge is 0.494 e. The van der Waals surface area contributed by atoms with Crippen molar-refractivity contribution >= 4 is 5.97 Å². The van der Waals surface area contributed by atoms with Crippen molar-refractivity contribution < 1.29 is 14.3 Å². The van der Waals surface area contributed by atoms with Gasteiger partial charge in [-0.1, -0.05) is 5.21 Å². The van der Waals surface area contributed by atoms with E-state index in [9.17, 15) is 4.79 Å². The van der Waals surface area contributed by atoms with Gasteiger partial charge in [0.1, 0.15) is 5.75 Å². The fourth-order valence-corrected chi connectivity index (χ4v) is 1.45. The number of carbonyl (C=O) groups excluding carboxylic acids is 1. The number of nitrogens with zero attached hydrogens (tertiary/aromatic N) is 3. The molecule has 0 bridgehead atoms. The van der Waals surface area contributed by atoms with Gasteiger partial charge in [0.25, 0.3) is 0 Å². The molecule has 18 heavy (non-hydrogen) atoms. The summed E-state index contributed by atoms with van der Waals surface area (Å²) in [6.45, 7) is 2.54. The standard InChI is InChI=1S/C12H13N3O3/c1-3-18-10-6-4-9(5-7-10)15-8-11(13-14-15)12(16)17-2/h4-8H,3H2,1-2H3. The number of aromatic nitrogens is 3. The summed E-state index contributed by atoms with van der Waals surface area (Å²) in [5.41, 5.74) is 0.965. The minimum Gasteiger partial charge on any atom is -0.494 e. The van der Waals surface area contributed by atoms with Crippen molar-refractivity contribution in [3.63, 3.8) is 0 Å². The first-order valence-electron chi connectivity index (χ1n) is 5.48. The van der Waals surface area contributed by atoms with Crippen molar-refractivity contribution in [1.29, 1.82) is 0 Å². The molecule has 94 valence electrons. The van der Waals surface area contributed by atoms with Gasteiger partial charge >= 0.3 is 5.97 Å². The Balaban J connectivity index is 2.20. The molecule has 0 atom stereocenters. The van der Waals surface area contributed by atoms with Gasteiger partial charge < -0.3 is 9.47 Å². The molecule has 6 nitrogen and oxygen atoms in total. The number of hydrogen-bond acceptors (Lipinski definition) is 5. The van der Waals surface area contributed by atoms with Crippen LogP contribution in [0.4, 0.5) is 0 Å². The molecule has 1 aromatic carbocycles. The van der Waals surface area contributed by atoms with Crippen molar-refractivity contribution in [3.8, 4) is 11.4 Å². The summed E-state index contributed by atoms with van der Waals surface area (Å²) in [6, 6.07) is 7.33. The Labute approximate surface area is 104 Å². The lowest BCUT2D eigenvalue weighted by Crippen LogP contribution is -2.01. The fourth-order valence-electron chi connectivity index (χ4n) is 1.45. The van der Waals surface area contributed by atoms with Crippen LogP contribution in [-0.4, -0.2) is 34.7 Å². The Hall–Kier alpha value is -2.37. The van der Waals surface area contributed by atoms with Crippen LogP contribution in [0.2, 0.25) is 0 Å². The highest BCUT2D eigenvalue weighted by Gasteiger charge is 2.11. The van der Waals surface area contributed by atoms with E-state index in [1.165, 1.54) is 18.0 Å². The SMILES string of the molecule is CCOc1ccc(-n2cc(C(=O)OC)nn2)cc1. The highest BCUT2D eigenvalue weighted by molar-refractivity contribution is 5.86. The number of methoxy groups -OCH3 is 1. The summed E-state index contributed by atoms with van der Waals surface area (Å²) in [7, 11) is 1.30. The molecule has 0 aliphatic rings. The lowest BCUT2D eigenvalue weighted by molar-refractivity contribution is 0.0594. The third-order valence-corrected chi connectivity index (χ3v) is 2.30. The van der Waals surface area contributed by atoms with Gasteiger partial charge in [0, 0.05) is 0 Å². The van der Waals surface area contributed by atoms with Gasteiger partial charge in [0.15, 0.2) is 5.69 Å². The Morgan fingerprint density at radius 1 is 1.33 bits per heavy atom. The first-order valence-corrected chi connectivity index (χ1v) is 5.48. The van der Waals surface area contributed by atoms with E-state index in [0.29, 0.717) is 6.61 Å². The molecular weight excluding hydrogens is 234 g/mol. The molecule has 0 unspecified atom stereocenters. The van der Waals surface area contributed by atoms with Crippen LogP contribution >= 0.6 is 0 Å². The number of rotatable bonds is 4. The minimum absolute atomic E-state index is 0.173. The average molecular weight is 247 g/mol. The Morgan fingerprint density at radius 3 is 2.67 bits per heavy atom. The fraction of sp³-hybridized carbons (Fsp3) is 0.250. The van der Waals surface area contributed by atoms with E-state index >= 15 is 0 Å². The average Bonchev–Trinajstić information content (AvgIpc) is 2.89. The van der Waals surface area contributed by atoms with E-state index in [-0.39, 0.29) is 5.69 Å². The van der Waals surface area contributed by atoms with E-state index in [0.717, 1.165) is 11.4 Å². The van der Waals surface area contributed by atoms with Crippen molar-refractivity contribution in [2.24, 2.45) is 0 Å². The van der Waals surface area contributed by atoms with Gasteiger partial charge in [-0.05, 0) is 31.2 Å². The molecular formula is C12H13N3O3. The van der Waals surface area contributed by atoms with Crippen LogP contribution in [-0.2, 0) is 4.74 Å². The molecule has 0 fully saturated rings. The Kier molecular flexibility index (Phi) is 3.57. The molecule has 6 heteroatoms. The van der Waals surface area contributed by atoms with Crippen molar-refractivity contribution in [3.05, 3.63) is 36.2 Å². The number of hydrogen-bond donors (Lipinski definition) is 0. The lowest BCUT2D eigenvalue weighted by Gasteiger charge is -2.04. The van der Waals surface area contributed by atoms with Crippen molar-refractivity contribution in [2.45, 2.75) is 6.92 Å². The monoisotopic (exact) mass is 247 g/mol. The Morgan fingerprint density at radius 2 is 2.06 bits per heavy atom. The molecule has 0 spiro atoms. The second kappa shape index (κ2) is 5.31. The first kappa shape index (κ1) is 12.1. The van der Waals surface area contributed by atoms with E-state index < -0.39 is 5.97 Å². The van der Waals surface area contributed by atoms with Gasteiger partial charge in [-0.2, -0.15) is 0 Å². The number of esters is 1. The highest BCUT2D eigenvalue weighted by Crippen LogP contribution is 2.14. The molecule has 2 aromatic rings. The molecule has 0 saturated heterocycles. The summed E-state index contributed by atoms with van der Waals surface area (Å²) in [6.07, 6.45) is 1.52. The van der Waals surface area contributed by atoms with Crippen LogP contribution in [0.25, 0.3) is 5.69 Å². The van der Waals surface area contributed by atoms with E-state index in [1.54, 1.807) is 0 Å². The predicted molar refractivity (Wildman–Crippen MR) is 63.9 cm³/mol. The molecule has 1 heterocycles. The second-order valence-electron chi connectivity index (χ2n) is 3.47. The van der Waals surface area contributed by atoms with Crippen LogP contribution in [0.5, 0.6) is 5.75 Å². The van der Waals surface area contributed by atoms with Gasteiger partial charge in [-0.25, -0.2) is 9.48 Å². The first-order chi connectivity index (χ1) is 8.74. The smallest absolute Gasteiger partial charge is 0.360 e. The Bertz CT molecular complexity index is 534. The summed E-state index contributed by atoms with van der Waals surface area (Å²) in [4.78, 5) is 11.2. The zero-order valence-corrected chi connectivity index (χ0v) is 10.2. The molecule has 0 radical (unpaired) electrons. The summed E-state index contributed by atoms with van der Waals surface area (Å²) < 4.78 is 11.4. The van der Waals surface area contributed by atoms with E-state index in [4.69, 9.17) is 4.74 Å². The summed E-state index contributed by atoms with van der Waals surface area (Å²) >= 11 is 0. The zero-order chi connectivity index (χ0) is 13.0. The van der Waals surface area contributed by atoms with Crippen molar-refractivity contribution in [1.82, 2.24) is 15.0 Å². The third kappa shape index (κ3) is 2.48. The van der Waals surface area contributed by atoms with Gasteiger partial charge in [-0.3, -0.25) is 0 Å². The molecule has 0 aliphatic carbocycles. The van der Waals surface area contributed by atoms with Crippen LogP contribution in [0.15, 0.2) is 30.5 Å². The summed E-state index contributed by atoms with van der Waals surface area (Å²) in [5, 5.41) is 7.59. The number of benzene rings is 1. The van der Waals surface area contributed by atoms with Crippen LogP contribution in [0.1, 0.15) is 17.4 Å².